The summed E-state index contributed by atoms with van der Waals surface area (Å²) >= 11 is 0. The SMILES string of the molecule is CCC(OCCOC)=C(C)C(=O)O. The summed E-state index contributed by atoms with van der Waals surface area (Å²) < 4.78 is 10.0. The molecule has 4 nitrogen and oxygen atoms in total. The fourth-order valence-electron chi connectivity index (χ4n) is 0.843. The maximum absolute atomic E-state index is 10.6. The molecule has 0 spiro atoms. The Labute approximate surface area is 78.2 Å². The molecule has 0 aromatic heterocycles. The van der Waals surface area contributed by atoms with Gasteiger partial charge >= 0.3 is 5.97 Å². The van der Waals surface area contributed by atoms with Crippen molar-refractivity contribution < 1.29 is 19.4 Å². The third-order valence-electron chi connectivity index (χ3n) is 1.62. The van der Waals surface area contributed by atoms with Crippen LogP contribution in [0.5, 0.6) is 0 Å². The van der Waals surface area contributed by atoms with E-state index in [0.717, 1.165) is 0 Å². The first kappa shape index (κ1) is 12.0. The minimum atomic E-state index is -0.936. The lowest BCUT2D eigenvalue weighted by atomic mass is 10.2. The molecule has 13 heavy (non-hydrogen) atoms. The minimum absolute atomic E-state index is 0.263. The first-order valence-electron chi connectivity index (χ1n) is 4.18. The summed E-state index contributed by atoms with van der Waals surface area (Å²) in [5.74, 6) is -0.418. The molecule has 0 heterocycles. The first-order valence-corrected chi connectivity index (χ1v) is 4.18. The zero-order valence-electron chi connectivity index (χ0n) is 8.29. The van der Waals surface area contributed by atoms with Gasteiger partial charge in [0.25, 0.3) is 0 Å². The molecule has 0 fully saturated rings. The summed E-state index contributed by atoms with van der Waals surface area (Å²) in [6.07, 6.45) is 0.585. The first-order chi connectivity index (χ1) is 6.13. The van der Waals surface area contributed by atoms with Gasteiger partial charge in [-0.05, 0) is 6.92 Å². The summed E-state index contributed by atoms with van der Waals surface area (Å²) in [5, 5.41) is 8.67. The molecular weight excluding hydrogens is 172 g/mol. The molecular formula is C9H16O4. The van der Waals surface area contributed by atoms with E-state index in [9.17, 15) is 4.79 Å². The third-order valence-corrected chi connectivity index (χ3v) is 1.62. The normalized spacial score (nSPS) is 12.2. The van der Waals surface area contributed by atoms with Crippen molar-refractivity contribution in [2.45, 2.75) is 20.3 Å². The van der Waals surface area contributed by atoms with E-state index >= 15 is 0 Å². The van der Waals surface area contributed by atoms with Crippen LogP contribution < -0.4 is 0 Å². The van der Waals surface area contributed by atoms with Gasteiger partial charge in [0.1, 0.15) is 12.4 Å². The quantitative estimate of drug-likeness (QED) is 0.389. The second kappa shape index (κ2) is 6.48. The molecule has 0 amide bonds. The summed E-state index contributed by atoms with van der Waals surface area (Å²) in [6.45, 7) is 4.25. The number of hydrogen-bond acceptors (Lipinski definition) is 3. The van der Waals surface area contributed by atoms with Crippen LogP contribution in [-0.2, 0) is 14.3 Å². The predicted octanol–water partition coefficient (Wildman–Crippen LogP) is 1.42. The molecule has 1 N–H and O–H groups in total. The van der Waals surface area contributed by atoms with Gasteiger partial charge in [0.05, 0.1) is 12.2 Å². The molecule has 0 saturated carbocycles. The van der Waals surface area contributed by atoms with Gasteiger partial charge < -0.3 is 14.6 Å². The second-order valence-electron chi connectivity index (χ2n) is 2.55. The van der Waals surface area contributed by atoms with Crippen LogP contribution in [0.4, 0.5) is 0 Å². The van der Waals surface area contributed by atoms with E-state index in [2.05, 4.69) is 0 Å². The zero-order chi connectivity index (χ0) is 10.3. The summed E-state index contributed by atoms with van der Waals surface area (Å²) in [7, 11) is 1.57. The van der Waals surface area contributed by atoms with Crippen molar-refractivity contribution in [1.82, 2.24) is 0 Å². The highest BCUT2D eigenvalue weighted by molar-refractivity contribution is 5.86. The number of ether oxygens (including phenoxy) is 2. The Morgan fingerprint density at radius 2 is 2.00 bits per heavy atom. The predicted molar refractivity (Wildman–Crippen MR) is 48.5 cm³/mol. The van der Waals surface area contributed by atoms with E-state index < -0.39 is 5.97 Å². The van der Waals surface area contributed by atoms with Crippen molar-refractivity contribution in [3.8, 4) is 0 Å². The van der Waals surface area contributed by atoms with Crippen LogP contribution in [0.15, 0.2) is 11.3 Å². The fraction of sp³-hybridized carbons (Fsp3) is 0.667. The maximum Gasteiger partial charge on any atom is 0.334 e. The van der Waals surface area contributed by atoms with Gasteiger partial charge in [-0.3, -0.25) is 0 Å². The zero-order valence-corrected chi connectivity index (χ0v) is 8.29. The molecule has 0 unspecified atom stereocenters. The summed E-state index contributed by atoms with van der Waals surface area (Å²) in [6, 6.07) is 0. The Bertz CT molecular complexity index is 196. The van der Waals surface area contributed by atoms with Crippen LogP contribution in [-0.4, -0.2) is 31.4 Å². The van der Waals surface area contributed by atoms with Gasteiger partial charge in [-0.25, -0.2) is 4.79 Å². The molecule has 0 aromatic rings. The van der Waals surface area contributed by atoms with Crippen LogP contribution in [0.2, 0.25) is 0 Å². The average Bonchev–Trinajstić information content (AvgIpc) is 2.11. The maximum atomic E-state index is 10.6. The van der Waals surface area contributed by atoms with Crippen LogP contribution in [0, 0.1) is 0 Å². The lowest BCUT2D eigenvalue weighted by molar-refractivity contribution is -0.132. The molecule has 0 bridgehead atoms. The molecule has 4 heteroatoms. The van der Waals surface area contributed by atoms with E-state index in [0.29, 0.717) is 25.4 Å². The molecule has 76 valence electrons. The van der Waals surface area contributed by atoms with Crippen LogP contribution >= 0.6 is 0 Å². The number of methoxy groups -OCH3 is 1. The highest BCUT2D eigenvalue weighted by Gasteiger charge is 2.08. The Hall–Kier alpha value is -1.03. The number of carboxylic acids is 1. The lowest BCUT2D eigenvalue weighted by Gasteiger charge is -2.09. The van der Waals surface area contributed by atoms with Gasteiger partial charge in [0, 0.05) is 13.5 Å². The van der Waals surface area contributed by atoms with Crippen molar-refractivity contribution in [2.24, 2.45) is 0 Å². The van der Waals surface area contributed by atoms with E-state index in [1.54, 1.807) is 7.11 Å². The van der Waals surface area contributed by atoms with Crippen molar-refractivity contribution in [1.29, 1.82) is 0 Å². The smallest absolute Gasteiger partial charge is 0.334 e. The van der Waals surface area contributed by atoms with Crippen LogP contribution in [0.3, 0.4) is 0 Å². The van der Waals surface area contributed by atoms with Crippen molar-refractivity contribution in [3.63, 3.8) is 0 Å². The molecule has 0 aliphatic carbocycles. The molecule has 0 atom stereocenters. The van der Waals surface area contributed by atoms with Crippen molar-refractivity contribution >= 4 is 5.97 Å². The minimum Gasteiger partial charge on any atom is -0.495 e. The Morgan fingerprint density at radius 1 is 1.38 bits per heavy atom. The van der Waals surface area contributed by atoms with E-state index in [1.807, 2.05) is 6.92 Å². The lowest BCUT2D eigenvalue weighted by Crippen LogP contribution is -2.07. The fourth-order valence-corrected chi connectivity index (χ4v) is 0.843. The highest BCUT2D eigenvalue weighted by Crippen LogP contribution is 2.09. The topological polar surface area (TPSA) is 55.8 Å². The van der Waals surface area contributed by atoms with E-state index in [1.165, 1.54) is 6.92 Å². The number of aliphatic carboxylic acids is 1. The van der Waals surface area contributed by atoms with Crippen LogP contribution in [0.1, 0.15) is 20.3 Å². The molecule has 0 saturated heterocycles. The van der Waals surface area contributed by atoms with Crippen molar-refractivity contribution in [2.75, 3.05) is 20.3 Å². The Kier molecular flexibility index (Phi) is 5.97. The molecule has 0 aromatic carbocycles. The second-order valence-corrected chi connectivity index (χ2v) is 2.55. The van der Waals surface area contributed by atoms with Crippen molar-refractivity contribution in [3.05, 3.63) is 11.3 Å². The van der Waals surface area contributed by atoms with Gasteiger partial charge in [-0.15, -0.1) is 0 Å². The number of carboxylic acid groups (broad SMARTS) is 1. The largest absolute Gasteiger partial charge is 0.495 e. The van der Waals surface area contributed by atoms with E-state index in [4.69, 9.17) is 14.6 Å². The van der Waals surface area contributed by atoms with Gasteiger partial charge in [0.2, 0.25) is 0 Å². The molecule has 0 rings (SSSR count). The molecule has 0 aliphatic heterocycles. The highest BCUT2D eigenvalue weighted by atomic mass is 16.5. The Balaban J connectivity index is 4.15. The van der Waals surface area contributed by atoms with E-state index in [-0.39, 0.29) is 5.57 Å². The number of hydrogen-bond donors (Lipinski definition) is 1. The van der Waals surface area contributed by atoms with Gasteiger partial charge in [-0.1, -0.05) is 6.92 Å². The summed E-state index contributed by atoms with van der Waals surface area (Å²) in [4.78, 5) is 10.6. The summed E-state index contributed by atoms with van der Waals surface area (Å²) in [5.41, 5.74) is 0.263. The monoisotopic (exact) mass is 188 g/mol. The average molecular weight is 188 g/mol. The number of rotatable bonds is 6. The third kappa shape index (κ3) is 4.52. The standard InChI is InChI=1S/C9H16O4/c1-4-8(7(2)9(10)11)13-6-5-12-3/h4-6H2,1-3H3,(H,10,11). The Morgan fingerprint density at radius 3 is 2.38 bits per heavy atom. The van der Waals surface area contributed by atoms with Crippen LogP contribution in [0.25, 0.3) is 0 Å². The van der Waals surface area contributed by atoms with Gasteiger partial charge in [-0.2, -0.15) is 0 Å². The number of allylic oxidation sites excluding steroid dienone is 1. The number of carbonyl (C=O) groups is 1. The van der Waals surface area contributed by atoms with Gasteiger partial charge in [0.15, 0.2) is 0 Å². The molecule has 0 radical (unpaired) electrons. The molecule has 0 aliphatic rings.